The van der Waals surface area contributed by atoms with Gasteiger partial charge in [-0.3, -0.25) is 9.89 Å². The number of carbonyl (C=O) groups is 1. The van der Waals surface area contributed by atoms with Crippen molar-refractivity contribution < 1.29 is 14.6 Å². The standard InChI is InChI=1S/C23H22N6O3/c1-14-22(15(2)29(28-14)17-7-5-4-6-8-17)18-12-19(26-25-18)23(31)27-24-13-16-9-10-20(30)21(11-16)32-3/h4-13,30H,1-3H3,(H,25,26)(H,27,31)/b24-13+. The number of amides is 1. The number of nitrogens with zero attached hydrogens (tertiary/aromatic N) is 4. The average molecular weight is 430 g/mol. The van der Waals surface area contributed by atoms with E-state index in [1.807, 2.05) is 48.9 Å². The maximum atomic E-state index is 12.5. The molecular weight excluding hydrogens is 408 g/mol. The number of phenolic OH excluding ortho intramolecular Hbond substituents is 1. The Bertz CT molecular complexity index is 1290. The third kappa shape index (κ3) is 4.08. The Hall–Kier alpha value is -4.40. The first-order chi connectivity index (χ1) is 15.5. The van der Waals surface area contributed by atoms with Crippen molar-refractivity contribution in [2.45, 2.75) is 13.8 Å². The van der Waals surface area contributed by atoms with Crippen molar-refractivity contribution in [3.63, 3.8) is 0 Å². The first-order valence-corrected chi connectivity index (χ1v) is 9.85. The zero-order valence-electron chi connectivity index (χ0n) is 17.8. The van der Waals surface area contributed by atoms with Crippen molar-refractivity contribution in [2.75, 3.05) is 7.11 Å². The molecule has 0 radical (unpaired) electrons. The number of aryl methyl sites for hydroxylation is 1. The van der Waals surface area contributed by atoms with Crippen LogP contribution in [-0.2, 0) is 0 Å². The fraction of sp³-hybridized carbons (Fsp3) is 0.130. The van der Waals surface area contributed by atoms with Crippen LogP contribution in [0.2, 0.25) is 0 Å². The smallest absolute Gasteiger partial charge is 0.289 e. The lowest BCUT2D eigenvalue weighted by atomic mass is 10.1. The van der Waals surface area contributed by atoms with Gasteiger partial charge in [-0.05, 0) is 55.8 Å². The molecule has 0 unspecified atom stereocenters. The first kappa shape index (κ1) is 20.9. The number of para-hydroxylation sites is 1. The van der Waals surface area contributed by atoms with E-state index in [1.54, 1.807) is 18.2 Å². The number of phenols is 1. The summed E-state index contributed by atoms with van der Waals surface area (Å²) in [6, 6.07) is 16.2. The van der Waals surface area contributed by atoms with Gasteiger partial charge in [0.1, 0.15) is 5.69 Å². The normalized spacial score (nSPS) is 11.1. The maximum absolute atomic E-state index is 12.5. The summed E-state index contributed by atoms with van der Waals surface area (Å²) >= 11 is 0. The quantitative estimate of drug-likeness (QED) is 0.320. The molecule has 0 spiro atoms. The second-order valence-electron chi connectivity index (χ2n) is 7.09. The summed E-state index contributed by atoms with van der Waals surface area (Å²) in [4.78, 5) is 12.5. The van der Waals surface area contributed by atoms with Crippen molar-refractivity contribution in [2.24, 2.45) is 5.10 Å². The molecular formula is C23H22N6O3. The zero-order valence-corrected chi connectivity index (χ0v) is 17.8. The van der Waals surface area contributed by atoms with Crippen molar-refractivity contribution >= 4 is 12.1 Å². The number of aromatic hydroxyl groups is 1. The molecule has 9 heteroatoms. The van der Waals surface area contributed by atoms with Gasteiger partial charge in [0.05, 0.1) is 36.1 Å². The number of hydrogen-bond donors (Lipinski definition) is 3. The number of H-pyrrole nitrogens is 1. The minimum atomic E-state index is -0.434. The van der Waals surface area contributed by atoms with E-state index in [0.717, 1.165) is 22.6 Å². The molecule has 162 valence electrons. The van der Waals surface area contributed by atoms with Crippen LogP contribution in [-0.4, -0.2) is 44.3 Å². The third-order valence-corrected chi connectivity index (χ3v) is 4.95. The van der Waals surface area contributed by atoms with Gasteiger partial charge in [0.15, 0.2) is 11.5 Å². The van der Waals surface area contributed by atoms with Crippen LogP contribution in [0.1, 0.15) is 27.4 Å². The van der Waals surface area contributed by atoms with E-state index in [1.165, 1.54) is 19.4 Å². The zero-order chi connectivity index (χ0) is 22.7. The highest BCUT2D eigenvalue weighted by Crippen LogP contribution is 2.28. The van der Waals surface area contributed by atoms with E-state index >= 15 is 0 Å². The Morgan fingerprint density at radius 3 is 2.72 bits per heavy atom. The lowest BCUT2D eigenvalue weighted by Gasteiger charge is -2.04. The molecule has 0 aliphatic rings. The van der Waals surface area contributed by atoms with E-state index in [0.29, 0.717) is 17.0 Å². The van der Waals surface area contributed by atoms with E-state index in [9.17, 15) is 9.90 Å². The number of aromatic nitrogens is 4. The highest BCUT2D eigenvalue weighted by molar-refractivity contribution is 5.94. The molecule has 2 heterocycles. The van der Waals surface area contributed by atoms with Gasteiger partial charge in [0.2, 0.25) is 0 Å². The Balaban J connectivity index is 1.51. The molecule has 0 bridgehead atoms. The van der Waals surface area contributed by atoms with Gasteiger partial charge >= 0.3 is 0 Å². The number of hydrazone groups is 1. The van der Waals surface area contributed by atoms with Gasteiger partial charge in [-0.15, -0.1) is 0 Å². The molecule has 9 nitrogen and oxygen atoms in total. The predicted molar refractivity (Wildman–Crippen MR) is 120 cm³/mol. The molecule has 2 aromatic heterocycles. The van der Waals surface area contributed by atoms with Gasteiger partial charge in [0.25, 0.3) is 5.91 Å². The Morgan fingerprint density at radius 2 is 1.97 bits per heavy atom. The molecule has 3 N–H and O–H groups in total. The topological polar surface area (TPSA) is 117 Å². The lowest BCUT2D eigenvalue weighted by molar-refractivity contribution is 0.0950. The lowest BCUT2D eigenvalue weighted by Crippen LogP contribution is -2.18. The molecule has 1 amide bonds. The predicted octanol–water partition coefficient (Wildman–Crippen LogP) is 3.36. The fourth-order valence-corrected chi connectivity index (χ4v) is 3.40. The van der Waals surface area contributed by atoms with Crippen LogP contribution < -0.4 is 10.2 Å². The van der Waals surface area contributed by atoms with Gasteiger partial charge < -0.3 is 9.84 Å². The molecule has 0 atom stereocenters. The number of nitrogens with one attached hydrogen (secondary N) is 2. The van der Waals surface area contributed by atoms with E-state index < -0.39 is 5.91 Å². The molecule has 0 saturated carbocycles. The monoisotopic (exact) mass is 430 g/mol. The summed E-state index contributed by atoms with van der Waals surface area (Å²) in [6.07, 6.45) is 1.45. The number of ether oxygens (including phenoxy) is 1. The number of aromatic amines is 1. The molecule has 4 rings (SSSR count). The van der Waals surface area contributed by atoms with Crippen LogP contribution in [0.5, 0.6) is 11.5 Å². The van der Waals surface area contributed by atoms with Crippen molar-refractivity contribution in [3.8, 4) is 28.4 Å². The highest BCUT2D eigenvalue weighted by atomic mass is 16.5. The SMILES string of the molecule is COc1cc(/C=N/NC(=O)c2cc(-c3c(C)nn(-c4ccccc4)c3C)n[nH]2)ccc1O. The number of rotatable bonds is 6. The molecule has 0 aliphatic carbocycles. The highest BCUT2D eigenvalue weighted by Gasteiger charge is 2.18. The van der Waals surface area contributed by atoms with Crippen LogP contribution in [0.25, 0.3) is 16.9 Å². The van der Waals surface area contributed by atoms with Gasteiger partial charge in [-0.2, -0.15) is 15.3 Å². The van der Waals surface area contributed by atoms with Crippen LogP contribution >= 0.6 is 0 Å². The summed E-state index contributed by atoms with van der Waals surface area (Å²) in [5, 5.41) is 25.3. The van der Waals surface area contributed by atoms with Gasteiger partial charge in [-0.1, -0.05) is 18.2 Å². The summed E-state index contributed by atoms with van der Waals surface area (Å²) in [6.45, 7) is 3.87. The molecule has 2 aromatic carbocycles. The van der Waals surface area contributed by atoms with Crippen LogP contribution in [0, 0.1) is 13.8 Å². The summed E-state index contributed by atoms with van der Waals surface area (Å²) < 4.78 is 6.91. The van der Waals surface area contributed by atoms with Crippen LogP contribution in [0.3, 0.4) is 0 Å². The van der Waals surface area contributed by atoms with Gasteiger partial charge in [-0.25, -0.2) is 10.1 Å². The second-order valence-corrected chi connectivity index (χ2v) is 7.09. The third-order valence-electron chi connectivity index (χ3n) is 4.95. The minimum absolute atomic E-state index is 0.0276. The van der Waals surface area contributed by atoms with Crippen molar-refractivity contribution in [1.29, 1.82) is 0 Å². The summed E-state index contributed by atoms with van der Waals surface area (Å²) in [5.74, 6) is -0.0865. The van der Waals surface area contributed by atoms with Crippen molar-refractivity contribution in [1.82, 2.24) is 25.4 Å². The number of hydrogen-bond acceptors (Lipinski definition) is 6. The first-order valence-electron chi connectivity index (χ1n) is 9.85. The second kappa shape index (κ2) is 8.76. The number of carbonyl (C=O) groups excluding carboxylic acids is 1. The maximum Gasteiger partial charge on any atom is 0.289 e. The Morgan fingerprint density at radius 1 is 1.19 bits per heavy atom. The fourth-order valence-electron chi connectivity index (χ4n) is 3.40. The molecule has 4 aromatic rings. The molecule has 0 saturated heterocycles. The Kier molecular flexibility index (Phi) is 5.71. The average Bonchev–Trinajstić information content (AvgIpc) is 3.39. The molecule has 32 heavy (non-hydrogen) atoms. The number of methoxy groups -OCH3 is 1. The van der Waals surface area contributed by atoms with Crippen LogP contribution in [0.15, 0.2) is 59.7 Å². The van der Waals surface area contributed by atoms with E-state index in [4.69, 9.17) is 4.74 Å². The van der Waals surface area contributed by atoms with E-state index in [-0.39, 0.29) is 11.4 Å². The number of benzene rings is 2. The minimum Gasteiger partial charge on any atom is -0.504 e. The van der Waals surface area contributed by atoms with E-state index in [2.05, 4.69) is 25.8 Å². The summed E-state index contributed by atoms with van der Waals surface area (Å²) in [5.41, 5.74) is 7.56. The summed E-state index contributed by atoms with van der Waals surface area (Å²) in [7, 11) is 1.46. The van der Waals surface area contributed by atoms with Crippen LogP contribution in [0.4, 0.5) is 0 Å². The Labute approximate surface area is 184 Å². The van der Waals surface area contributed by atoms with Crippen molar-refractivity contribution in [3.05, 3.63) is 77.2 Å². The largest absolute Gasteiger partial charge is 0.504 e. The van der Waals surface area contributed by atoms with Gasteiger partial charge in [0, 0.05) is 5.56 Å². The molecule has 0 aliphatic heterocycles. The molecule has 0 fully saturated rings.